The maximum atomic E-state index is 11.6. The van der Waals surface area contributed by atoms with Crippen LogP contribution in [0.5, 0.6) is 0 Å². The van der Waals surface area contributed by atoms with E-state index in [0.717, 1.165) is 5.56 Å². The molecule has 5 nitrogen and oxygen atoms in total. The van der Waals surface area contributed by atoms with Gasteiger partial charge in [0.25, 0.3) is 0 Å². The monoisotopic (exact) mass is 288 g/mol. The third-order valence-corrected chi connectivity index (χ3v) is 2.55. The molecule has 0 aliphatic carbocycles. The summed E-state index contributed by atoms with van der Waals surface area (Å²) in [7, 11) is 0. The summed E-state index contributed by atoms with van der Waals surface area (Å²) >= 11 is 0. The fraction of sp³-hybridized carbons (Fsp3) is 0.438. The highest BCUT2D eigenvalue weighted by molar-refractivity contribution is 5.81. The van der Waals surface area contributed by atoms with Crippen molar-refractivity contribution in [2.24, 2.45) is 0 Å². The second-order valence-corrected chi connectivity index (χ2v) is 5.67. The molecule has 112 valence electrons. The van der Waals surface area contributed by atoms with Crippen molar-refractivity contribution in [3.05, 3.63) is 35.4 Å². The summed E-state index contributed by atoms with van der Waals surface area (Å²) in [4.78, 5) is 23.1. The highest BCUT2D eigenvalue weighted by atomic mass is 16.6. The molecule has 0 aliphatic rings. The van der Waals surface area contributed by atoms with Crippen molar-refractivity contribution in [1.82, 2.24) is 5.32 Å². The Kier molecular flexibility index (Phi) is 5.92. The molecule has 0 radical (unpaired) electrons. The number of ether oxygens (including phenoxy) is 1. The smallest absolute Gasteiger partial charge is 0.306 e. The molecule has 0 saturated carbocycles. The van der Waals surface area contributed by atoms with Gasteiger partial charge in [-0.1, -0.05) is 12.1 Å². The van der Waals surface area contributed by atoms with Gasteiger partial charge in [0.1, 0.15) is 5.60 Å². The number of nitriles is 1. The van der Waals surface area contributed by atoms with Gasteiger partial charge in [-0.15, -0.1) is 0 Å². The quantitative estimate of drug-likeness (QED) is 0.843. The van der Waals surface area contributed by atoms with Crippen LogP contribution in [0, 0.1) is 11.3 Å². The van der Waals surface area contributed by atoms with E-state index in [-0.39, 0.29) is 24.7 Å². The van der Waals surface area contributed by atoms with Gasteiger partial charge in [-0.2, -0.15) is 5.26 Å². The zero-order valence-electron chi connectivity index (χ0n) is 12.6. The molecule has 0 bridgehead atoms. The van der Waals surface area contributed by atoms with E-state index in [4.69, 9.17) is 10.00 Å². The standard InChI is InChI=1S/C16H20N2O3/c1-16(2,3)21-15(20)9-8-14(19)18-11-13-6-4-12(10-17)5-7-13/h4-7H,8-9,11H2,1-3H3,(H,18,19). The molecule has 0 atom stereocenters. The van der Waals surface area contributed by atoms with Crippen LogP contribution in [0.25, 0.3) is 0 Å². The van der Waals surface area contributed by atoms with Crippen LogP contribution in [0.15, 0.2) is 24.3 Å². The summed E-state index contributed by atoms with van der Waals surface area (Å²) in [6.07, 6.45) is 0.168. The van der Waals surface area contributed by atoms with Crippen LogP contribution in [0.2, 0.25) is 0 Å². The number of benzene rings is 1. The Hall–Kier alpha value is -2.35. The second kappa shape index (κ2) is 7.44. The topological polar surface area (TPSA) is 79.2 Å². The zero-order chi connectivity index (χ0) is 15.9. The minimum atomic E-state index is -0.532. The second-order valence-electron chi connectivity index (χ2n) is 5.67. The van der Waals surface area contributed by atoms with Gasteiger partial charge in [0.2, 0.25) is 5.91 Å². The fourth-order valence-corrected chi connectivity index (χ4v) is 1.59. The molecule has 0 unspecified atom stereocenters. The predicted octanol–water partition coefficient (Wildman–Crippen LogP) is 2.30. The average molecular weight is 288 g/mol. The molecule has 1 amide bonds. The molecule has 0 saturated heterocycles. The van der Waals surface area contributed by atoms with Crippen molar-refractivity contribution in [1.29, 1.82) is 5.26 Å². The first kappa shape index (κ1) is 16.7. The van der Waals surface area contributed by atoms with Crippen LogP contribution in [-0.4, -0.2) is 17.5 Å². The minimum Gasteiger partial charge on any atom is -0.460 e. The minimum absolute atomic E-state index is 0.0659. The summed E-state index contributed by atoms with van der Waals surface area (Å²) in [5, 5.41) is 11.4. The van der Waals surface area contributed by atoms with Crippen molar-refractivity contribution in [3.63, 3.8) is 0 Å². The molecule has 1 rings (SSSR count). The van der Waals surface area contributed by atoms with E-state index in [2.05, 4.69) is 5.32 Å². The highest BCUT2D eigenvalue weighted by Crippen LogP contribution is 2.09. The van der Waals surface area contributed by atoms with E-state index in [9.17, 15) is 9.59 Å². The van der Waals surface area contributed by atoms with Crippen LogP contribution in [0.1, 0.15) is 44.7 Å². The van der Waals surface area contributed by atoms with Crippen molar-refractivity contribution in [2.75, 3.05) is 0 Å². The van der Waals surface area contributed by atoms with Gasteiger partial charge < -0.3 is 10.1 Å². The summed E-state index contributed by atoms with van der Waals surface area (Å²) in [5.74, 6) is -0.582. The van der Waals surface area contributed by atoms with Crippen LogP contribution in [-0.2, 0) is 20.9 Å². The maximum Gasteiger partial charge on any atom is 0.306 e. The lowest BCUT2D eigenvalue weighted by Gasteiger charge is -2.19. The Labute approximate surface area is 124 Å². The molecule has 1 N–H and O–H groups in total. The molecule has 0 heterocycles. The third-order valence-electron chi connectivity index (χ3n) is 2.55. The zero-order valence-corrected chi connectivity index (χ0v) is 12.6. The van der Waals surface area contributed by atoms with Crippen molar-refractivity contribution >= 4 is 11.9 Å². The molecular formula is C16H20N2O3. The van der Waals surface area contributed by atoms with Crippen molar-refractivity contribution in [3.8, 4) is 6.07 Å². The normalized spacial score (nSPS) is 10.6. The number of hydrogen-bond acceptors (Lipinski definition) is 4. The Morgan fingerprint density at radius 2 is 1.81 bits per heavy atom. The molecule has 1 aromatic rings. The van der Waals surface area contributed by atoms with Gasteiger partial charge >= 0.3 is 5.97 Å². The van der Waals surface area contributed by atoms with Gasteiger partial charge in [-0.05, 0) is 38.5 Å². The fourth-order valence-electron chi connectivity index (χ4n) is 1.59. The van der Waals surface area contributed by atoms with Crippen molar-refractivity contribution in [2.45, 2.75) is 45.8 Å². The van der Waals surface area contributed by atoms with Crippen molar-refractivity contribution < 1.29 is 14.3 Å². The summed E-state index contributed by atoms with van der Waals surface area (Å²) in [5.41, 5.74) is 0.949. The first-order chi connectivity index (χ1) is 9.80. The molecule has 0 aromatic heterocycles. The Bertz CT molecular complexity index is 536. The van der Waals surface area contributed by atoms with Gasteiger partial charge in [-0.25, -0.2) is 0 Å². The van der Waals surface area contributed by atoms with E-state index >= 15 is 0 Å². The van der Waals surface area contributed by atoms with Gasteiger partial charge in [0.05, 0.1) is 18.1 Å². The molecule has 0 spiro atoms. The van der Waals surface area contributed by atoms with E-state index < -0.39 is 5.60 Å². The number of carbonyl (C=O) groups is 2. The summed E-state index contributed by atoms with van der Waals surface area (Å²) < 4.78 is 5.13. The first-order valence-electron chi connectivity index (χ1n) is 6.78. The number of carbonyl (C=O) groups excluding carboxylic acids is 2. The van der Waals surface area contributed by atoms with Gasteiger partial charge in [-0.3, -0.25) is 9.59 Å². The molecule has 1 aromatic carbocycles. The lowest BCUT2D eigenvalue weighted by Crippen LogP contribution is -2.26. The number of nitrogens with one attached hydrogen (secondary N) is 1. The van der Waals surface area contributed by atoms with Gasteiger partial charge in [0.15, 0.2) is 0 Å². The van der Waals surface area contributed by atoms with E-state index in [1.807, 2.05) is 6.07 Å². The van der Waals surface area contributed by atoms with E-state index in [1.54, 1.807) is 45.0 Å². The number of amides is 1. The summed E-state index contributed by atoms with van der Waals surface area (Å²) in [6.45, 7) is 5.74. The van der Waals surface area contributed by atoms with Crippen LogP contribution >= 0.6 is 0 Å². The van der Waals surface area contributed by atoms with E-state index in [1.165, 1.54) is 0 Å². The molecule has 0 fully saturated rings. The predicted molar refractivity (Wildman–Crippen MR) is 78.1 cm³/mol. The SMILES string of the molecule is CC(C)(C)OC(=O)CCC(=O)NCc1ccc(C#N)cc1. The Morgan fingerprint density at radius 3 is 2.33 bits per heavy atom. The molecule has 5 heteroatoms. The number of rotatable bonds is 5. The number of hydrogen-bond donors (Lipinski definition) is 1. The third kappa shape index (κ3) is 7.11. The average Bonchev–Trinajstić information content (AvgIpc) is 2.41. The Morgan fingerprint density at radius 1 is 1.19 bits per heavy atom. The number of esters is 1. The van der Waals surface area contributed by atoms with Crippen LogP contribution in [0.3, 0.4) is 0 Å². The lowest BCUT2D eigenvalue weighted by atomic mass is 10.1. The van der Waals surface area contributed by atoms with Gasteiger partial charge in [0, 0.05) is 13.0 Å². The highest BCUT2D eigenvalue weighted by Gasteiger charge is 2.16. The molecule has 21 heavy (non-hydrogen) atoms. The maximum absolute atomic E-state index is 11.6. The molecular weight excluding hydrogens is 268 g/mol. The summed E-state index contributed by atoms with van der Waals surface area (Å²) in [6, 6.07) is 8.99. The first-order valence-corrected chi connectivity index (χ1v) is 6.78. The van der Waals surface area contributed by atoms with E-state index in [0.29, 0.717) is 12.1 Å². The lowest BCUT2D eigenvalue weighted by molar-refractivity contribution is -0.155. The number of nitrogens with zero attached hydrogens (tertiary/aromatic N) is 1. The Balaban J connectivity index is 2.31. The van der Waals surface area contributed by atoms with Crippen LogP contribution in [0.4, 0.5) is 0 Å². The van der Waals surface area contributed by atoms with Crippen LogP contribution < -0.4 is 5.32 Å². The largest absolute Gasteiger partial charge is 0.460 e. The molecule has 0 aliphatic heterocycles.